The number of carbonyl (C=O) groups excluding carboxylic acids is 2. The molecule has 3 aromatic carbocycles. The highest BCUT2D eigenvalue weighted by molar-refractivity contribution is 6.30. The minimum atomic E-state index is -0.559. The van der Waals surface area contributed by atoms with Gasteiger partial charge in [-0.3, -0.25) is 14.4 Å². The molecule has 154 valence electrons. The first kappa shape index (κ1) is 20.4. The van der Waals surface area contributed by atoms with Gasteiger partial charge in [-0.15, -0.1) is 0 Å². The Morgan fingerprint density at radius 3 is 2.35 bits per heavy atom. The molecule has 0 aliphatic carbocycles. The van der Waals surface area contributed by atoms with Crippen molar-refractivity contribution in [2.45, 2.75) is 6.42 Å². The Bertz CT molecular complexity index is 1320. The zero-order valence-corrected chi connectivity index (χ0v) is 17.1. The van der Waals surface area contributed by atoms with Gasteiger partial charge in [0.05, 0.1) is 17.6 Å². The smallest absolute Gasteiger partial charge is 0.261 e. The van der Waals surface area contributed by atoms with Crippen LogP contribution in [0.5, 0.6) is 0 Å². The second-order valence-corrected chi connectivity index (χ2v) is 7.39. The van der Waals surface area contributed by atoms with Crippen LogP contribution in [0.3, 0.4) is 0 Å². The predicted molar refractivity (Wildman–Crippen MR) is 123 cm³/mol. The number of rotatable bonds is 5. The molecule has 0 bridgehead atoms. The molecular weight excluding hydrogens is 414 g/mol. The summed E-state index contributed by atoms with van der Waals surface area (Å²) in [4.78, 5) is 40.4. The summed E-state index contributed by atoms with van der Waals surface area (Å²) in [6.07, 6.45) is 0.213. The van der Waals surface area contributed by atoms with Crippen LogP contribution in [0, 0.1) is 0 Å². The molecule has 0 aliphatic heterocycles. The number of hydrogen-bond acceptors (Lipinski definition) is 3. The largest absolute Gasteiger partial charge is 0.325 e. The van der Waals surface area contributed by atoms with Gasteiger partial charge in [-0.1, -0.05) is 48.0 Å². The third-order valence-corrected chi connectivity index (χ3v) is 4.97. The molecule has 1 aromatic heterocycles. The second kappa shape index (κ2) is 8.85. The maximum absolute atomic E-state index is 12.7. The number of anilines is 2. The van der Waals surface area contributed by atoms with Gasteiger partial charge in [-0.05, 0) is 48.0 Å². The molecule has 0 fully saturated rings. The lowest BCUT2D eigenvalue weighted by atomic mass is 10.1. The molecule has 4 rings (SSSR count). The fourth-order valence-electron chi connectivity index (χ4n) is 3.21. The Balaban J connectivity index is 1.62. The number of carbonyl (C=O) groups is 2. The summed E-state index contributed by atoms with van der Waals surface area (Å²) in [5.41, 5.74) is 1.84. The van der Waals surface area contributed by atoms with E-state index in [1.807, 2.05) is 30.3 Å². The molecule has 7 heteroatoms. The van der Waals surface area contributed by atoms with Crippen LogP contribution in [-0.2, 0) is 11.2 Å². The van der Waals surface area contributed by atoms with Gasteiger partial charge in [0.25, 0.3) is 11.5 Å². The number of pyridine rings is 1. The molecule has 4 aromatic rings. The van der Waals surface area contributed by atoms with Crippen molar-refractivity contribution >= 4 is 45.7 Å². The van der Waals surface area contributed by atoms with Gasteiger partial charge < -0.3 is 15.6 Å². The third kappa shape index (κ3) is 4.82. The average Bonchev–Trinajstić information content (AvgIpc) is 2.75. The van der Waals surface area contributed by atoms with Crippen molar-refractivity contribution in [3.63, 3.8) is 0 Å². The highest BCUT2D eigenvalue weighted by Gasteiger charge is 2.15. The lowest BCUT2D eigenvalue weighted by Gasteiger charge is -2.11. The summed E-state index contributed by atoms with van der Waals surface area (Å²) in [5.74, 6) is -0.757. The summed E-state index contributed by atoms with van der Waals surface area (Å²) >= 11 is 5.86. The molecule has 31 heavy (non-hydrogen) atoms. The van der Waals surface area contributed by atoms with Crippen LogP contribution >= 0.6 is 11.6 Å². The van der Waals surface area contributed by atoms with Crippen LogP contribution in [0.1, 0.15) is 15.9 Å². The first-order chi connectivity index (χ1) is 15.0. The Morgan fingerprint density at radius 2 is 1.61 bits per heavy atom. The molecule has 2 amide bonds. The average molecular weight is 432 g/mol. The lowest BCUT2D eigenvalue weighted by molar-refractivity contribution is -0.115. The van der Waals surface area contributed by atoms with E-state index < -0.39 is 11.5 Å². The molecule has 0 spiro atoms. The SMILES string of the molecule is O=C(Cc1ccccc1)Nc1cccc2[nH]c(=O)c(C(=O)Nc3ccc(Cl)cc3)cc12. The zero-order chi connectivity index (χ0) is 21.8. The Kier molecular flexibility index (Phi) is 5.82. The topological polar surface area (TPSA) is 91.1 Å². The highest BCUT2D eigenvalue weighted by Crippen LogP contribution is 2.22. The van der Waals surface area contributed by atoms with Crippen molar-refractivity contribution in [2.24, 2.45) is 0 Å². The van der Waals surface area contributed by atoms with E-state index in [0.29, 0.717) is 27.3 Å². The van der Waals surface area contributed by atoms with E-state index in [0.717, 1.165) is 5.56 Å². The van der Waals surface area contributed by atoms with Crippen molar-refractivity contribution in [2.75, 3.05) is 10.6 Å². The number of fused-ring (bicyclic) bond motifs is 1. The number of hydrogen-bond donors (Lipinski definition) is 3. The summed E-state index contributed by atoms with van der Waals surface area (Å²) in [6, 6.07) is 22.6. The van der Waals surface area contributed by atoms with Crippen molar-refractivity contribution in [1.29, 1.82) is 0 Å². The number of H-pyrrole nitrogens is 1. The van der Waals surface area contributed by atoms with Gasteiger partial charge in [0.15, 0.2) is 0 Å². The number of benzene rings is 3. The van der Waals surface area contributed by atoms with Crippen LogP contribution in [0.25, 0.3) is 10.9 Å². The van der Waals surface area contributed by atoms with Crippen molar-refractivity contribution < 1.29 is 9.59 Å². The molecule has 6 nitrogen and oxygen atoms in total. The van der Waals surface area contributed by atoms with Crippen LogP contribution in [0.15, 0.2) is 83.7 Å². The van der Waals surface area contributed by atoms with Crippen LogP contribution in [0.4, 0.5) is 11.4 Å². The fraction of sp³-hybridized carbons (Fsp3) is 0.0417. The molecule has 0 saturated carbocycles. The second-order valence-electron chi connectivity index (χ2n) is 6.95. The maximum Gasteiger partial charge on any atom is 0.261 e. The molecule has 3 N–H and O–H groups in total. The van der Waals surface area contributed by atoms with Crippen molar-refractivity contribution in [3.8, 4) is 0 Å². The molecule has 0 unspecified atom stereocenters. The predicted octanol–water partition coefficient (Wildman–Crippen LogP) is 4.62. The van der Waals surface area contributed by atoms with E-state index in [4.69, 9.17) is 11.6 Å². The van der Waals surface area contributed by atoms with Crippen LogP contribution in [-0.4, -0.2) is 16.8 Å². The van der Waals surface area contributed by atoms with E-state index in [9.17, 15) is 14.4 Å². The normalized spacial score (nSPS) is 10.6. The molecule has 0 atom stereocenters. The fourth-order valence-corrected chi connectivity index (χ4v) is 3.34. The van der Waals surface area contributed by atoms with Gasteiger partial charge in [0, 0.05) is 16.1 Å². The molecule has 0 saturated heterocycles. The summed E-state index contributed by atoms with van der Waals surface area (Å²) in [6.45, 7) is 0. The monoisotopic (exact) mass is 431 g/mol. The van der Waals surface area contributed by atoms with Crippen LogP contribution in [0.2, 0.25) is 5.02 Å². The van der Waals surface area contributed by atoms with Gasteiger partial charge in [0.1, 0.15) is 5.56 Å². The van der Waals surface area contributed by atoms with E-state index in [1.54, 1.807) is 42.5 Å². The molecule has 0 radical (unpaired) electrons. The molecule has 0 aliphatic rings. The van der Waals surface area contributed by atoms with E-state index in [2.05, 4.69) is 15.6 Å². The first-order valence-electron chi connectivity index (χ1n) is 9.56. The summed E-state index contributed by atoms with van der Waals surface area (Å²) < 4.78 is 0. The number of halogens is 1. The Morgan fingerprint density at radius 1 is 0.871 bits per heavy atom. The number of nitrogens with one attached hydrogen (secondary N) is 3. The first-order valence-corrected chi connectivity index (χ1v) is 9.94. The third-order valence-electron chi connectivity index (χ3n) is 4.72. The number of aromatic nitrogens is 1. The minimum absolute atomic E-state index is 0.0628. The Hall–Kier alpha value is -3.90. The summed E-state index contributed by atoms with van der Waals surface area (Å²) in [5, 5.41) is 6.65. The molecular formula is C24H18ClN3O3. The van der Waals surface area contributed by atoms with Gasteiger partial charge in [-0.25, -0.2) is 0 Å². The van der Waals surface area contributed by atoms with Gasteiger partial charge in [-0.2, -0.15) is 0 Å². The standard InChI is InChI=1S/C24H18ClN3O3/c25-16-9-11-17(12-10-16)26-23(30)19-14-18-20(7-4-8-21(18)28-24(19)31)27-22(29)13-15-5-2-1-3-6-15/h1-12,14H,13H2,(H,26,30)(H,27,29)(H,28,31). The van der Waals surface area contributed by atoms with Crippen molar-refractivity contribution in [3.05, 3.63) is 105 Å². The summed E-state index contributed by atoms with van der Waals surface area (Å²) in [7, 11) is 0. The van der Waals surface area contributed by atoms with Gasteiger partial charge in [0.2, 0.25) is 5.91 Å². The molecule has 1 heterocycles. The van der Waals surface area contributed by atoms with E-state index >= 15 is 0 Å². The van der Waals surface area contributed by atoms with E-state index in [1.165, 1.54) is 6.07 Å². The zero-order valence-electron chi connectivity index (χ0n) is 16.3. The Labute approximate surface area is 182 Å². The minimum Gasteiger partial charge on any atom is -0.325 e. The maximum atomic E-state index is 12.7. The van der Waals surface area contributed by atoms with E-state index in [-0.39, 0.29) is 17.9 Å². The van der Waals surface area contributed by atoms with Crippen molar-refractivity contribution in [1.82, 2.24) is 4.98 Å². The quantitative estimate of drug-likeness (QED) is 0.430. The lowest BCUT2D eigenvalue weighted by Crippen LogP contribution is -2.23. The number of amides is 2. The van der Waals surface area contributed by atoms with Crippen LogP contribution < -0.4 is 16.2 Å². The highest BCUT2D eigenvalue weighted by atomic mass is 35.5. The number of aromatic amines is 1. The van der Waals surface area contributed by atoms with Gasteiger partial charge >= 0.3 is 0 Å².